The van der Waals surface area contributed by atoms with E-state index in [0.29, 0.717) is 5.69 Å². The Kier molecular flexibility index (Phi) is 3.97. The van der Waals surface area contributed by atoms with Gasteiger partial charge in [0.05, 0.1) is 23.4 Å². The number of carbonyl (C=O) groups excluding carboxylic acids is 1. The molecule has 2 aromatic heterocycles. The van der Waals surface area contributed by atoms with E-state index in [1.54, 1.807) is 18.2 Å². The lowest BCUT2D eigenvalue weighted by atomic mass is 10.1. The largest absolute Gasteiger partial charge is 0.417 e. The van der Waals surface area contributed by atoms with Gasteiger partial charge in [-0.15, -0.1) is 0 Å². The van der Waals surface area contributed by atoms with E-state index >= 15 is 0 Å². The van der Waals surface area contributed by atoms with Crippen LogP contribution in [0.25, 0.3) is 0 Å². The summed E-state index contributed by atoms with van der Waals surface area (Å²) in [6.07, 6.45) is -1.16. The first-order valence-electron chi connectivity index (χ1n) is 5.68. The van der Waals surface area contributed by atoms with Crippen molar-refractivity contribution in [2.24, 2.45) is 0 Å². The number of amides is 1. The highest BCUT2D eigenvalue weighted by molar-refractivity contribution is 5.95. The molecule has 0 fully saturated rings. The summed E-state index contributed by atoms with van der Waals surface area (Å²) < 4.78 is 38.3. The molecule has 0 unspecified atom stereocenters. The van der Waals surface area contributed by atoms with Gasteiger partial charge in [-0.05, 0) is 18.2 Å². The van der Waals surface area contributed by atoms with Gasteiger partial charge in [-0.25, -0.2) is 0 Å². The Morgan fingerprint density at radius 1 is 1.20 bits per heavy atom. The van der Waals surface area contributed by atoms with Crippen LogP contribution in [-0.4, -0.2) is 15.9 Å². The van der Waals surface area contributed by atoms with Gasteiger partial charge in [0.25, 0.3) is 5.91 Å². The fourth-order valence-electron chi connectivity index (χ4n) is 1.59. The first-order valence-corrected chi connectivity index (χ1v) is 5.68. The number of nitrogens with one attached hydrogen (secondary N) is 1. The molecule has 2 rings (SSSR count). The SMILES string of the molecule is O=C(NCc1ccccn1)c1cnccc1C(F)(F)F. The molecular formula is C13H10F3N3O. The fourth-order valence-corrected chi connectivity index (χ4v) is 1.59. The van der Waals surface area contributed by atoms with Crippen molar-refractivity contribution < 1.29 is 18.0 Å². The van der Waals surface area contributed by atoms with Gasteiger partial charge in [0.15, 0.2) is 0 Å². The van der Waals surface area contributed by atoms with E-state index in [1.165, 1.54) is 6.20 Å². The van der Waals surface area contributed by atoms with Crippen molar-refractivity contribution in [3.8, 4) is 0 Å². The summed E-state index contributed by atoms with van der Waals surface area (Å²) in [5.41, 5.74) is -0.958. The van der Waals surface area contributed by atoms with E-state index in [1.807, 2.05) is 0 Å². The highest BCUT2D eigenvalue weighted by atomic mass is 19.4. The highest BCUT2D eigenvalue weighted by Gasteiger charge is 2.35. The van der Waals surface area contributed by atoms with Gasteiger partial charge in [0, 0.05) is 18.6 Å². The fraction of sp³-hybridized carbons (Fsp3) is 0.154. The second-order valence-corrected chi connectivity index (χ2v) is 3.92. The van der Waals surface area contributed by atoms with Gasteiger partial charge < -0.3 is 5.32 Å². The van der Waals surface area contributed by atoms with Gasteiger partial charge >= 0.3 is 6.18 Å². The molecule has 0 saturated heterocycles. The molecule has 0 atom stereocenters. The summed E-state index contributed by atoms with van der Waals surface area (Å²) in [4.78, 5) is 19.3. The highest BCUT2D eigenvalue weighted by Crippen LogP contribution is 2.31. The molecule has 0 aromatic carbocycles. The normalized spacial score (nSPS) is 11.2. The maximum atomic E-state index is 12.8. The summed E-state index contributed by atoms with van der Waals surface area (Å²) >= 11 is 0. The Balaban J connectivity index is 2.14. The first kappa shape index (κ1) is 14.0. The van der Waals surface area contributed by atoms with E-state index < -0.39 is 23.2 Å². The lowest BCUT2D eigenvalue weighted by Crippen LogP contribution is -2.26. The minimum absolute atomic E-state index is 0.0475. The van der Waals surface area contributed by atoms with Crippen LogP contribution in [0.3, 0.4) is 0 Å². The topological polar surface area (TPSA) is 54.9 Å². The average Bonchev–Trinajstić information content (AvgIpc) is 2.45. The zero-order chi connectivity index (χ0) is 14.6. The minimum Gasteiger partial charge on any atom is -0.346 e. The summed E-state index contributed by atoms with van der Waals surface area (Å²) in [6.45, 7) is 0.0475. The number of hydrogen-bond acceptors (Lipinski definition) is 3. The van der Waals surface area contributed by atoms with Crippen LogP contribution in [-0.2, 0) is 12.7 Å². The molecule has 0 aliphatic carbocycles. The molecule has 0 bridgehead atoms. The summed E-state index contributed by atoms with van der Waals surface area (Å²) in [6, 6.07) is 5.86. The Morgan fingerprint density at radius 3 is 2.65 bits per heavy atom. The number of carbonyl (C=O) groups is 1. The van der Waals surface area contributed by atoms with Crippen molar-refractivity contribution in [2.75, 3.05) is 0 Å². The number of hydrogen-bond donors (Lipinski definition) is 1. The van der Waals surface area contributed by atoms with Gasteiger partial charge in [-0.2, -0.15) is 13.2 Å². The van der Waals surface area contributed by atoms with Crippen LogP contribution in [0.2, 0.25) is 0 Å². The summed E-state index contributed by atoms with van der Waals surface area (Å²) in [5.74, 6) is -0.837. The van der Waals surface area contributed by atoms with Crippen LogP contribution in [0.4, 0.5) is 13.2 Å². The number of nitrogens with zero attached hydrogens (tertiary/aromatic N) is 2. The molecule has 0 aliphatic rings. The molecule has 4 nitrogen and oxygen atoms in total. The van der Waals surface area contributed by atoms with Crippen molar-refractivity contribution in [3.63, 3.8) is 0 Å². The standard InChI is InChI=1S/C13H10F3N3O/c14-13(15,16)11-4-6-17-8-10(11)12(20)19-7-9-3-1-2-5-18-9/h1-6,8H,7H2,(H,19,20). The predicted octanol–water partition coefficient (Wildman–Crippen LogP) is 2.43. The monoisotopic (exact) mass is 281 g/mol. The van der Waals surface area contributed by atoms with Crippen LogP contribution in [0.1, 0.15) is 21.6 Å². The van der Waals surface area contributed by atoms with Crippen LogP contribution in [0.15, 0.2) is 42.9 Å². The molecule has 1 amide bonds. The second kappa shape index (κ2) is 5.68. The zero-order valence-electron chi connectivity index (χ0n) is 10.2. The van der Waals surface area contributed by atoms with E-state index in [-0.39, 0.29) is 6.54 Å². The number of rotatable bonds is 3. The van der Waals surface area contributed by atoms with Gasteiger partial charge in [-0.3, -0.25) is 14.8 Å². The van der Waals surface area contributed by atoms with Crippen LogP contribution in [0.5, 0.6) is 0 Å². The lowest BCUT2D eigenvalue weighted by molar-refractivity contribution is -0.138. The molecule has 0 spiro atoms. The zero-order valence-corrected chi connectivity index (χ0v) is 10.2. The Bertz CT molecular complexity index is 599. The first-order chi connectivity index (χ1) is 9.48. The molecule has 2 aromatic rings. The molecule has 1 N–H and O–H groups in total. The third-order valence-corrected chi connectivity index (χ3v) is 2.53. The van der Waals surface area contributed by atoms with Crippen LogP contribution >= 0.6 is 0 Å². The minimum atomic E-state index is -4.60. The Hall–Kier alpha value is -2.44. The quantitative estimate of drug-likeness (QED) is 0.940. The maximum absolute atomic E-state index is 12.8. The Morgan fingerprint density at radius 2 is 2.00 bits per heavy atom. The van der Waals surface area contributed by atoms with E-state index in [9.17, 15) is 18.0 Å². The molecule has 0 radical (unpaired) electrons. The van der Waals surface area contributed by atoms with Crippen molar-refractivity contribution in [1.82, 2.24) is 15.3 Å². The Labute approximate surface area is 112 Å². The molecule has 2 heterocycles. The van der Waals surface area contributed by atoms with Gasteiger partial charge in [0.1, 0.15) is 0 Å². The molecule has 7 heteroatoms. The number of pyridine rings is 2. The smallest absolute Gasteiger partial charge is 0.346 e. The van der Waals surface area contributed by atoms with Crippen LogP contribution in [0, 0.1) is 0 Å². The van der Waals surface area contributed by atoms with Crippen molar-refractivity contribution >= 4 is 5.91 Å². The lowest BCUT2D eigenvalue weighted by Gasteiger charge is -2.11. The predicted molar refractivity (Wildman–Crippen MR) is 64.6 cm³/mol. The summed E-state index contributed by atoms with van der Waals surface area (Å²) in [7, 11) is 0. The third-order valence-electron chi connectivity index (χ3n) is 2.53. The molecule has 104 valence electrons. The van der Waals surface area contributed by atoms with E-state index in [2.05, 4.69) is 15.3 Å². The van der Waals surface area contributed by atoms with E-state index in [0.717, 1.165) is 18.5 Å². The van der Waals surface area contributed by atoms with E-state index in [4.69, 9.17) is 0 Å². The van der Waals surface area contributed by atoms with Gasteiger partial charge in [0.2, 0.25) is 0 Å². The van der Waals surface area contributed by atoms with Crippen molar-refractivity contribution in [2.45, 2.75) is 12.7 Å². The molecule has 0 aliphatic heterocycles. The molecule has 0 saturated carbocycles. The van der Waals surface area contributed by atoms with Crippen molar-refractivity contribution in [1.29, 1.82) is 0 Å². The number of alkyl halides is 3. The third kappa shape index (κ3) is 3.31. The van der Waals surface area contributed by atoms with Gasteiger partial charge in [-0.1, -0.05) is 6.07 Å². The van der Waals surface area contributed by atoms with Crippen molar-refractivity contribution in [3.05, 3.63) is 59.7 Å². The molecular weight excluding hydrogens is 271 g/mol. The maximum Gasteiger partial charge on any atom is 0.417 e. The second-order valence-electron chi connectivity index (χ2n) is 3.92. The number of halogens is 3. The average molecular weight is 281 g/mol. The summed E-state index contributed by atoms with van der Waals surface area (Å²) in [5, 5.41) is 2.39. The van der Waals surface area contributed by atoms with Crippen LogP contribution < -0.4 is 5.32 Å². The molecule has 20 heavy (non-hydrogen) atoms. The number of aromatic nitrogens is 2.